The summed E-state index contributed by atoms with van der Waals surface area (Å²) < 4.78 is 11.4. The van der Waals surface area contributed by atoms with E-state index in [1.54, 1.807) is 7.05 Å². The van der Waals surface area contributed by atoms with Gasteiger partial charge in [0.15, 0.2) is 17.5 Å². The molecule has 7 nitrogen and oxygen atoms in total. The molecule has 1 aromatic carbocycles. The Balaban J connectivity index is 0.00000243. The van der Waals surface area contributed by atoms with E-state index in [0.717, 1.165) is 55.7 Å². The first kappa shape index (κ1) is 21.0. The van der Waals surface area contributed by atoms with E-state index < -0.39 is 0 Å². The number of nitrogens with zero attached hydrogens (tertiary/aromatic N) is 3. The number of ether oxygens (including phenoxy) is 2. The van der Waals surface area contributed by atoms with Gasteiger partial charge in [-0.05, 0) is 26.2 Å². The van der Waals surface area contributed by atoms with Crippen molar-refractivity contribution < 1.29 is 9.47 Å². The number of halogens is 1. The van der Waals surface area contributed by atoms with Gasteiger partial charge in [-0.1, -0.05) is 0 Å². The van der Waals surface area contributed by atoms with Gasteiger partial charge in [0.2, 0.25) is 0 Å². The van der Waals surface area contributed by atoms with E-state index in [1.807, 2.05) is 18.2 Å². The number of piperazine rings is 1. The average Bonchev–Trinajstić information content (AvgIpc) is 2.86. The summed E-state index contributed by atoms with van der Waals surface area (Å²) in [6, 6.07) is 6.37. The van der Waals surface area contributed by atoms with Crippen LogP contribution in [0.4, 0.5) is 5.69 Å². The van der Waals surface area contributed by atoms with Gasteiger partial charge in [0.1, 0.15) is 0 Å². The molecule has 0 amide bonds. The molecule has 1 saturated heterocycles. The smallest absolute Gasteiger partial charge is 0.195 e. The van der Waals surface area contributed by atoms with E-state index >= 15 is 0 Å². The fraction of sp³-hybridized carbons (Fsp3) is 0.611. The van der Waals surface area contributed by atoms with Crippen molar-refractivity contribution in [2.45, 2.75) is 12.5 Å². The Kier molecular flexibility index (Phi) is 8.23. The van der Waals surface area contributed by atoms with Crippen LogP contribution in [0.5, 0.6) is 11.5 Å². The predicted molar refractivity (Wildman–Crippen MR) is 116 cm³/mol. The van der Waals surface area contributed by atoms with Crippen LogP contribution in [0.3, 0.4) is 0 Å². The van der Waals surface area contributed by atoms with Gasteiger partial charge in [0, 0.05) is 57.4 Å². The molecule has 8 heteroatoms. The molecule has 2 N–H and O–H groups in total. The Morgan fingerprint density at radius 2 is 1.96 bits per heavy atom. The van der Waals surface area contributed by atoms with Gasteiger partial charge < -0.3 is 25.0 Å². The number of likely N-dealkylation sites (N-methyl/N-ethyl adjacent to an activating group) is 2. The number of hydrogen-bond donors (Lipinski definition) is 2. The lowest BCUT2D eigenvalue weighted by Gasteiger charge is -2.37. The first-order valence-corrected chi connectivity index (χ1v) is 8.92. The van der Waals surface area contributed by atoms with E-state index in [0.29, 0.717) is 19.3 Å². The highest BCUT2D eigenvalue weighted by Gasteiger charge is 2.22. The molecule has 2 aliphatic rings. The van der Waals surface area contributed by atoms with Crippen molar-refractivity contribution in [2.75, 3.05) is 65.9 Å². The van der Waals surface area contributed by atoms with Crippen molar-refractivity contribution in [1.82, 2.24) is 15.1 Å². The maximum Gasteiger partial charge on any atom is 0.195 e. The molecule has 1 aromatic rings. The average molecular weight is 475 g/mol. The summed E-state index contributed by atoms with van der Waals surface area (Å²) in [5.41, 5.74) is 0.937. The summed E-state index contributed by atoms with van der Waals surface area (Å²) in [5.74, 6) is 2.35. The molecular formula is C18H30IN5O2. The molecule has 1 atom stereocenters. The minimum Gasteiger partial charge on any atom is -0.490 e. The minimum atomic E-state index is 0. The highest BCUT2D eigenvalue weighted by Crippen LogP contribution is 2.32. The molecule has 1 fully saturated rings. The Morgan fingerprint density at radius 3 is 2.73 bits per heavy atom. The lowest BCUT2D eigenvalue weighted by atomic mass is 10.2. The van der Waals surface area contributed by atoms with Crippen LogP contribution in [0.1, 0.15) is 6.42 Å². The topological polar surface area (TPSA) is 61.4 Å². The molecule has 26 heavy (non-hydrogen) atoms. The molecular weight excluding hydrogens is 445 g/mol. The van der Waals surface area contributed by atoms with Crippen LogP contribution in [-0.2, 0) is 0 Å². The number of guanidine groups is 1. The molecule has 2 aliphatic heterocycles. The zero-order valence-corrected chi connectivity index (χ0v) is 18.2. The van der Waals surface area contributed by atoms with Crippen LogP contribution in [-0.4, -0.2) is 82.3 Å². The maximum absolute atomic E-state index is 5.75. The third kappa shape index (κ3) is 5.62. The standard InChI is InChI=1S/C18H29N5O2.HI/c1-19-18(20-12-15-13-22(2)7-8-23(15)3)21-14-5-6-16-17(11-14)25-10-4-9-24-16;/h5-6,11,15H,4,7-10,12-13H2,1-3H3,(H2,19,20,21);1H. The minimum absolute atomic E-state index is 0. The summed E-state index contributed by atoms with van der Waals surface area (Å²) in [6.07, 6.45) is 0.907. The molecule has 0 radical (unpaired) electrons. The third-order valence-corrected chi connectivity index (χ3v) is 4.72. The number of nitrogens with one attached hydrogen (secondary N) is 2. The SMILES string of the molecule is CN=C(NCC1CN(C)CCN1C)Nc1ccc2c(c1)OCCCO2.I. The summed E-state index contributed by atoms with van der Waals surface area (Å²) in [5, 5.41) is 6.77. The quantitative estimate of drug-likeness (QED) is 0.395. The monoisotopic (exact) mass is 475 g/mol. The van der Waals surface area contributed by atoms with Crippen LogP contribution in [0.25, 0.3) is 0 Å². The largest absolute Gasteiger partial charge is 0.490 e. The van der Waals surface area contributed by atoms with Crippen molar-refractivity contribution >= 4 is 35.6 Å². The molecule has 0 spiro atoms. The number of anilines is 1. The van der Waals surface area contributed by atoms with E-state index in [1.165, 1.54) is 0 Å². The number of benzene rings is 1. The fourth-order valence-corrected chi connectivity index (χ4v) is 3.09. The van der Waals surface area contributed by atoms with Gasteiger partial charge in [-0.15, -0.1) is 24.0 Å². The lowest BCUT2D eigenvalue weighted by molar-refractivity contribution is 0.116. The Labute approximate surface area is 173 Å². The van der Waals surface area contributed by atoms with Crippen LogP contribution < -0.4 is 20.1 Å². The van der Waals surface area contributed by atoms with E-state index in [9.17, 15) is 0 Å². The maximum atomic E-state index is 5.75. The first-order valence-electron chi connectivity index (χ1n) is 8.92. The van der Waals surface area contributed by atoms with Crippen molar-refractivity contribution in [3.8, 4) is 11.5 Å². The Bertz CT molecular complexity index is 613. The third-order valence-electron chi connectivity index (χ3n) is 4.72. The van der Waals surface area contributed by atoms with Gasteiger partial charge in [0.25, 0.3) is 0 Å². The molecule has 0 aliphatic carbocycles. The summed E-state index contributed by atoms with van der Waals surface area (Å²) in [4.78, 5) is 9.10. The zero-order chi connectivity index (χ0) is 17.6. The molecule has 0 aromatic heterocycles. The van der Waals surface area contributed by atoms with Crippen molar-refractivity contribution in [3.63, 3.8) is 0 Å². The second-order valence-corrected chi connectivity index (χ2v) is 6.69. The molecule has 3 rings (SSSR count). The lowest BCUT2D eigenvalue weighted by Crippen LogP contribution is -2.54. The normalized spacial score (nSPS) is 21.5. The number of aliphatic imine (C=N–C) groups is 1. The Morgan fingerprint density at radius 1 is 1.19 bits per heavy atom. The first-order chi connectivity index (χ1) is 12.2. The molecule has 146 valence electrons. The zero-order valence-electron chi connectivity index (χ0n) is 15.8. The Hall–Kier alpha value is -1.26. The molecule has 0 saturated carbocycles. The van der Waals surface area contributed by atoms with Crippen LogP contribution in [0, 0.1) is 0 Å². The predicted octanol–water partition coefficient (Wildman–Crippen LogP) is 1.70. The summed E-state index contributed by atoms with van der Waals surface area (Å²) in [7, 11) is 6.14. The highest BCUT2D eigenvalue weighted by atomic mass is 127. The second kappa shape index (κ2) is 10.2. The summed E-state index contributed by atoms with van der Waals surface area (Å²) >= 11 is 0. The highest BCUT2D eigenvalue weighted by molar-refractivity contribution is 14.0. The van der Waals surface area contributed by atoms with Gasteiger partial charge in [-0.2, -0.15) is 0 Å². The molecule has 1 unspecified atom stereocenters. The van der Waals surface area contributed by atoms with Crippen molar-refractivity contribution in [2.24, 2.45) is 4.99 Å². The van der Waals surface area contributed by atoms with Crippen LogP contribution in [0.15, 0.2) is 23.2 Å². The number of hydrogen-bond acceptors (Lipinski definition) is 5. The second-order valence-electron chi connectivity index (χ2n) is 6.69. The van der Waals surface area contributed by atoms with Gasteiger partial charge in [0.05, 0.1) is 13.2 Å². The van der Waals surface area contributed by atoms with Crippen LogP contribution >= 0.6 is 24.0 Å². The molecule has 2 heterocycles. The van der Waals surface area contributed by atoms with Gasteiger partial charge in [-0.3, -0.25) is 9.89 Å². The molecule has 0 bridgehead atoms. The van der Waals surface area contributed by atoms with E-state index in [-0.39, 0.29) is 24.0 Å². The summed E-state index contributed by atoms with van der Waals surface area (Å²) in [6.45, 7) is 5.51. The number of rotatable bonds is 3. The van der Waals surface area contributed by atoms with Gasteiger partial charge >= 0.3 is 0 Å². The van der Waals surface area contributed by atoms with Crippen molar-refractivity contribution in [3.05, 3.63) is 18.2 Å². The fourth-order valence-electron chi connectivity index (χ4n) is 3.09. The van der Waals surface area contributed by atoms with Gasteiger partial charge in [-0.25, -0.2) is 0 Å². The van der Waals surface area contributed by atoms with E-state index in [4.69, 9.17) is 9.47 Å². The number of fused-ring (bicyclic) bond motifs is 1. The van der Waals surface area contributed by atoms with Crippen molar-refractivity contribution in [1.29, 1.82) is 0 Å². The van der Waals surface area contributed by atoms with Crippen LogP contribution in [0.2, 0.25) is 0 Å². The van der Waals surface area contributed by atoms with E-state index in [2.05, 4.69) is 39.5 Å².